The molecule has 0 aromatic heterocycles. The molecule has 1 heterocycles. The maximum Gasteiger partial charge on any atom is 0.260 e. The molecule has 0 unspecified atom stereocenters. The minimum absolute atomic E-state index is 0.0459. The fourth-order valence-electron chi connectivity index (χ4n) is 3.49. The van der Waals surface area contributed by atoms with Gasteiger partial charge in [0.1, 0.15) is 5.75 Å². The fraction of sp³-hybridized carbons (Fsp3) is 0.227. The summed E-state index contributed by atoms with van der Waals surface area (Å²) in [6.45, 7) is 1.49. The molecule has 136 valence electrons. The number of carbonyl (C=O) groups excluding carboxylic acids is 3. The summed E-state index contributed by atoms with van der Waals surface area (Å²) in [5.41, 5.74) is 1.59. The van der Waals surface area contributed by atoms with Crippen LogP contribution in [0.15, 0.2) is 54.1 Å². The van der Waals surface area contributed by atoms with Crippen molar-refractivity contribution in [1.82, 2.24) is 4.90 Å². The second kappa shape index (κ2) is 7.19. The molecule has 4 rings (SSSR count). The molecule has 5 nitrogen and oxygen atoms in total. The number of fused-ring (bicyclic) bond motifs is 1. The van der Waals surface area contributed by atoms with Crippen LogP contribution in [-0.2, 0) is 4.79 Å². The third-order valence-electron chi connectivity index (χ3n) is 4.93. The quantitative estimate of drug-likeness (QED) is 0.620. The van der Waals surface area contributed by atoms with Crippen molar-refractivity contribution in [3.05, 3.63) is 70.8 Å². The maximum absolute atomic E-state index is 12.6. The molecule has 0 saturated carbocycles. The van der Waals surface area contributed by atoms with Crippen LogP contribution in [0.3, 0.4) is 0 Å². The first-order valence-electron chi connectivity index (χ1n) is 9.05. The molecule has 5 heteroatoms. The number of benzene rings is 2. The molecule has 1 aliphatic carbocycles. The van der Waals surface area contributed by atoms with Crippen LogP contribution in [0.5, 0.6) is 5.75 Å². The highest BCUT2D eigenvalue weighted by molar-refractivity contribution is 6.41. The van der Waals surface area contributed by atoms with Gasteiger partial charge in [0.2, 0.25) is 0 Å². The Kier molecular flexibility index (Phi) is 4.59. The summed E-state index contributed by atoms with van der Waals surface area (Å²) in [7, 11) is 0. The zero-order valence-corrected chi connectivity index (χ0v) is 14.8. The molecule has 2 aromatic carbocycles. The Hall–Kier alpha value is -3.21. The number of nitrogens with zero attached hydrogens (tertiary/aromatic N) is 1. The van der Waals surface area contributed by atoms with Crippen molar-refractivity contribution in [2.24, 2.45) is 0 Å². The minimum atomic E-state index is -0.279. The van der Waals surface area contributed by atoms with Gasteiger partial charge < -0.3 is 9.64 Å². The number of hydrogen-bond acceptors (Lipinski definition) is 4. The van der Waals surface area contributed by atoms with E-state index in [2.05, 4.69) is 0 Å². The summed E-state index contributed by atoms with van der Waals surface area (Å²) in [6, 6.07) is 13.9. The van der Waals surface area contributed by atoms with Gasteiger partial charge in [0, 0.05) is 29.8 Å². The normalized spacial score (nSPS) is 15.9. The first kappa shape index (κ1) is 17.2. The van der Waals surface area contributed by atoms with Crippen molar-refractivity contribution in [2.75, 3.05) is 19.7 Å². The zero-order chi connectivity index (χ0) is 18.8. The van der Waals surface area contributed by atoms with E-state index in [-0.39, 0.29) is 29.7 Å². The molecule has 0 radical (unpaired) electrons. The lowest BCUT2D eigenvalue weighted by atomic mass is 10.1. The molecule has 1 fully saturated rings. The molecule has 1 aliphatic heterocycles. The number of allylic oxidation sites excluding steroid dienone is 1. The van der Waals surface area contributed by atoms with Gasteiger partial charge in [-0.2, -0.15) is 0 Å². The number of Topliss-reactive ketones (excluding diaryl/α,β-unsaturated/α-hetero) is 2. The summed E-state index contributed by atoms with van der Waals surface area (Å²) in [4.78, 5) is 39.1. The van der Waals surface area contributed by atoms with E-state index in [4.69, 9.17) is 4.74 Å². The van der Waals surface area contributed by atoms with Crippen molar-refractivity contribution in [1.29, 1.82) is 0 Å². The van der Waals surface area contributed by atoms with E-state index in [0.717, 1.165) is 25.9 Å². The molecule has 0 N–H and O–H groups in total. The van der Waals surface area contributed by atoms with E-state index in [9.17, 15) is 14.4 Å². The van der Waals surface area contributed by atoms with Crippen molar-refractivity contribution in [3.63, 3.8) is 0 Å². The van der Waals surface area contributed by atoms with Gasteiger partial charge in [0.25, 0.3) is 5.91 Å². The standard InChI is InChI=1S/C22H19NO4/c24-20(23-11-5-6-12-23)14-27-19-10-4-1-7-15(19)13-18-21(25)16-8-2-3-9-17(16)22(18)26/h1-4,7-10,13H,5-6,11-12,14H2. The van der Waals surface area contributed by atoms with E-state index in [1.807, 2.05) is 0 Å². The second-order valence-electron chi connectivity index (χ2n) is 6.68. The summed E-state index contributed by atoms with van der Waals surface area (Å²) >= 11 is 0. The van der Waals surface area contributed by atoms with Crippen LogP contribution in [0.2, 0.25) is 0 Å². The smallest absolute Gasteiger partial charge is 0.260 e. The Balaban J connectivity index is 1.57. The van der Waals surface area contributed by atoms with E-state index in [1.165, 1.54) is 0 Å². The average Bonchev–Trinajstić information content (AvgIpc) is 3.31. The van der Waals surface area contributed by atoms with Crippen molar-refractivity contribution >= 4 is 23.5 Å². The Bertz CT molecular complexity index is 917. The summed E-state index contributed by atoms with van der Waals surface area (Å²) in [6.07, 6.45) is 3.61. The lowest BCUT2D eigenvalue weighted by molar-refractivity contribution is -0.132. The SMILES string of the molecule is O=C1C(=Cc2ccccc2OCC(=O)N2CCCC2)C(=O)c2ccccc21. The molecule has 1 saturated heterocycles. The van der Waals surface area contributed by atoms with E-state index in [1.54, 1.807) is 59.5 Å². The van der Waals surface area contributed by atoms with E-state index >= 15 is 0 Å². The Morgan fingerprint density at radius 3 is 2.19 bits per heavy atom. The lowest BCUT2D eigenvalue weighted by Gasteiger charge is -2.16. The van der Waals surface area contributed by atoms with Crippen LogP contribution in [0, 0.1) is 0 Å². The molecular formula is C22H19NO4. The molecule has 0 atom stereocenters. The van der Waals surface area contributed by atoms with Crippen LogP contribution in [0.4, 0.5) is 0 Å². The minimum Gasteiger partial charge on any atom is -0.483 e. The monoisotopic (exact) mass is 361 g/mol. The van der Waals surface area contributed by atoms with Crippen LogP contribution in [0.25, 0.3) is 6.08 Å². The summed E-state index contributed by atoms with van der Waals surface area (Å²) in [5, 5.41) is 0. The molecular weight excluding hydrogens is 342 g/mol. The van der Waals surface area contributed by atoms with Crippen LogP contribution in [0.1, 0.15) is 39.1 Å². The van der Waals surface area contributed by atoms with Gasteiger partial charge in [-0.3, -0.25) is 14.4 Å². The van der Waals surface area contributed by atoms with Gasteiger partial charge >= 0.3 is 0 Å². The van der Waals surface area contributed by atoms with Gasteiger partial charge in [0.15, 0.2) is 18.2 Å². The largest absolute Gasteiger partial charge is 0.483 e. The topological polar surface area (TPSA) is 63.7 Å². The zero-order valence-electron chi connectivity index (χ0n) is 14.8. The third-order valence-corrected chi connectivity index (χ3v) is 4.93. The number of likely N-dealkylation sites (tertiary alicyclic amines) is 1. The lowest BCUT2D eigenvalue weighted by Crippen LogP contribution is -2.32. The summed E-state index contributed by atoms with van der Waals surface area (Å²) < 4.78 is 5.71. The van der Waals surface area contributed by atoms with Gasteiger partial charge in [-0.05, 0) is 25.0 Å². The number of hydrogen-bond donors (Lipinski definition) is 0. The number of ketones is 2. The predicted octanol–water partition coefficient (Wildman–Crippen LogP) is 3.15. The average molecular weight is 361 g/mol. The molecule has 1 amide bonds. The first-order chi connectivity index (χ1) is 13.1. The van der Waals surface area contributed by atoms with Crippen molar-refractivity contribution < 1.29 is 19.1 Å². The van der Waals surface area contributed by atoms with Gasteiger partial charge in [-0.15, -0.1) is 0 Å². The molecule has 2 aliphatic rings. The predicted molar refractivity (Wildman–Crippen MR) is 101 cm³/mol. The number of para-hydroxylation sites is 1. The highest BCUT2D eigenvalue weighted by Gasteiger charge is 2.32. The van der Waals surface area contributed by atoms with Crippen LogP contribution >= 0.6 is 0 Å². The highest BCUT2D eigenvalue weighted by Crippen LogP contribution is 2.30. The van der Waals surface area contributed by atoms with Crippen LogP contribution in [-0.4, -0.2) is 42.1 Å². The van der Waals surface area contributed by atoms with Crippen molar-refractivity contribution in [3.8, 4) is 5.75 Å². The summed E-state index contributed by atoms with van der Waals surface area (Å²) in [5.74, 6) is -0.124. The molecule has 27 heavy (non-hydrogen) atoms. The third kappa shape index (κ3) is 3.28. The van der Waals surface area contributed by atoms with Gasteiger partial charge in [-0.1, -0.05) is 42.5 Å². The number of ether oxygens (including phenoxy) is 1. The Morgan fingerprint density at radius 1 is 0.926 bits per heavy atom. The number of carbonyl (C=O) groups is 3. The molecule has 0 bridgehead atoms. The number of amides is 1. The van der Waals surface area contributed by atoms with Crippen molar-refractivity contribution in [2.45, 2.75) is 12.8 Å². The highest BCUT2D eigenvalue weighted by atomic mass is 16.5. The number of rotatable bonds is 4. The fourth-order valence-corrected chi connectivity index (χ4v) is 3.49. The molecule has 2 aromatic rings. The van der Waals surface area contributed by atoms with E-state index < -0.39 is 0 Å². The first-order valence-corrected chi connectivity index (χ1v) is 9.05. The maximum atomic E-state index is 12.6. The molecule has 0 spiro atoms. The Morgan fingerprint density at radius 2 is 1.52 bits per heavy atom. The Labute approximate surface area is 157 Å². The second-order valence-corrected chi connectivity index (χ2v) is 6.68. The van der Waals surface area contributed by atoms with Gasteiger partial charge in [-0.25, -0.2) is 0 Å². The van der Waals surface area contributed by atoms with Crippen LogP contribution < -0.4 is 4.74 Å². The van der Waals surface area contributed by atoms with E-state index in [0.29, 0.717) is 22.4 Å². The van der Waals surface area contributed by atoms with Gasteiger partial charge in [0.05, 0.1) is 5.57 Å².